The van der Waals surface area contributed by atoms with Crippen molar-refractivity contribution in [2.24, 2.45) is 0 Å². The van der Waals surface area contributed by atoms with Crippen molar-refractivity contribution in [2.45, 2.75) is 27.2 Å². The van der Waals surface area contributed by atoms with E-state index in [0.29, 0.717) is 11.7 Å². The van der Waals surface area contributed by atoms with Crippen LogP contribution < -0.4 is 5.32 Å². The van der Waals surface area contributed by atoms with Gasteiger partial charge in [0.1, 0.15) is 4.88 Å². The van der Waals surface area contributed by atoms with Crippen LogP contribution in [-0.2, 0) is 11.2 Å². The molecule has 0 spiro atoms. The zero-order chi connectivity index (χ0) is 16.4. The lowest BCUT2D eigenvalue weighted by atomic mass is 10.1. The van der Waals surface area contributed by atoms with Crippen molar-refractivity contribution in [3.63, 3.8) is 0 Å². The Bertz CT molecular complexity index is 853. The van der Waals surface area contributed by atoms with E-state index in [0.717, 1.165) is 27.4 Å². The maximum Gasteiger partial charge on any atom is 0.269 e. The first-order chi connectivity index (χ1) is 11.0. The second kappa shape index (κ2) is 6.29. The van der Waals surface area contributed by atoms with Gasteiger partial charge in [-0.2, -0.15) is 4.98 Å². The Hall–Kier alpha value is -2.54. The molecule has 0 unspecified atom stereocenters. The highest BCUT2D eigenvalue weighted by Crippen LogP contribution is 2.25. The van der Waals surface area contributed by atoms with Gasteiger partial charge < -0.3 is 9.84 Å². The number of rotatable bonds is 4. The lowest BCUT2D eigenvalue weighted by molar-refractivity contribution is -0.115. The average molecular weight is 328 g/mol. The molecule has 0 atom stereocenters. The lowest BCUT2D eigenvalue weighted by Crippen LogP contribution is -2.16. The number of nitrogens with one attached hydrogen (secondary N) is 1. The summed E-state index contributed by atoms with van der Waals surface area (Å²) >= 11 is 1.43. The highest BCUT2D eigenvalue weighted by molar-refractivity contribution is 7.13. The Morgan fingerprint density at radius 1 is 1.30 bits per heavy atom. The van der Waals surface area contributed by atoms with Crippen LogP contribution in [0.2, 0.25) is 0 Å². The molecule has 0 saturated carbocycles. The first-order valence-electron chi connectivity index (χ1n) is 7.13. The van der Waals surface area contributed by atoms with Crippen LogP contribution >= 0.6 is 11.3 Å². The molecule has 2 heterocycles. The van der Waals surface area contributed by atoms with Crippen LogP contribution in [0.15, 0.2) is 28.2 Å². The van der Waals surface area contributed by atoms with Gasteiger partial charge in [-0.15, -0.1) is 11.3 Å². The molecule has 1 N–H and O–H groups in total. The number of nitrogens with zero attached hydrogens (tertiary/aromatic N) is 3. The second-order valence-electron chi connectivity index (χ2n) is 5.26. The van der Waals surface area contributed by atoms with Crippen LogP contribution in [0.4, 0.5) is 5.69 Å². The first kappa shape index (κ1) is 15.4. The van der Waals surface area contributed by atoms with Gasteiger partial charge in [-0.05, 0) is 38.0 Å². The molecule has 0 fully saturated rings. The summed E-state index contributed by atoms with van der Waals surface area (Å²) in [6.45, 7) is 5.86. The van der Waals surface area contributed by atoms with E-state index in [4.69, 9.17) is 4.52 Å². The summed E-state index contributed by atoms with van der Waals surface area (Å²) in [6.07, 6.45) is 0.0642. The third kappa shape index (κ3) is 3.29. The van der Waals surface area contributed by atoms with E-state index in [2.05, 4.69) is 20.4 Å². The maximum absolute atomic E-state index is 12.2. The summed E-state index contributed by atoms with van der Waals surface area (Å²) in [4.78, 5) is 21.4. The van der Waals surface area contributed by atoms with Gasteiger partial charge in [-0.1, -0.05) is 17.3 Å². The predicted molar refractivity (Wildman–Crippen MR) is 88.4 cm³/mol. The van der Waals surface area contributed by atoms with Gasteiger partial charge in [-0.25, -0.2) is 4.98 Å². The number of carbonyl (C=O) groups excluding carboxylic acids is 1. The number of amides is 1. The topological polar surface area (TPSA) is 80.9 Å². The van der Waals surface area contributed by atoms with Gasteiger partial charge in [0, 0.05) is 5.69 Å². The zero-order valence-corrected chi connectivity index (χ0v) is 13.9. The van der Waals surface area contributed by atoms with E-state index >= 15 is 0 Å². The molecule has 0 aliphatic carbocycles. The minimum Gasteiger partial charge on any atom is -0.333 e. The van der Waals surface area contributed by atoms with Crippen molar-refractivity contribution < 1.29 is 9.32 Å². The van der Waals surface area contributed by atoms with E-state index in [1.54, 1.807) is 5.51 Å². The number of carbonyl (C=O) groups is 1. The molecule has 0 aliphatic rings. The van der Waals surface area contributed by atoms with Crippen LogP contribution in [0, 0.1) is 20.8 Å². The van der Waals surface area contributed by atoms with Gasteiger partial charge in [0.15, 0.2) is 5.82 Å². The molecule has 3 aromatic rings. The van der Waals surface area contributed by atoms with Crippen LogP contribution in [-0.4, -0.2) is 21.0 Å². The lowest BCUT2D eigenvalue weighted by Gasteiger charge is -2.09. The summed E-state index contributed by atoms with van der Waals surface area (Å²) in [5.41, 5.74) is 5.55. The van der Waals surface area contributed by atoms with E-state index in [1.165, 1.54) is 11.3 Å². The summed E-state index contributed by atoms with van der Waals surface area (Å²) in [7, 11) is 0. The molecule has 6 nitrogen and oxygen atoms in total. The third-order valence-electron chi connectivity index (χ3n) is 3.61. The predicted octanol–water partition coefficient (Wildman–Crippen LogP) is 3.30. The summed E-state index contributed by atoms with van der Waals surface area (Å²) < 4.78 is 5.21. The van der Waals surface area contributed by atoms with E-state index in [-0.39, 0.29) is 12.3 Å². The largest absolute Gasteiger partial charge is 0.333 e. The minimum atomic E-state index is -0.174. The molecule has 0 saturated heterocycles. The van der Waals surface area contributed by atoms with Gasteiger partial charge in [0.05, 0.1) is 17.6 Å². The van der Waals surface area contributed by atoms with E-state index < -0.39 is 0 Å². The van der Waals surface area contributed by atoms with Crippen molar-refractivity contribution >= 4 is 22.9 Å². The van der Waals surface area contributed by atoms with Crippen molar-refractivity contribution in [2.75, 3.05) is 5.32 Å². The van der Waals surface area contributed by atoms with Crippen LogP contribution in [0.3, 0.4) is 0 Å². The molecule has 0 radical (unpaired) electrons. The molecule has 3 rings (SSSR count). The van der Waals surface area contributed by atoms with Crippen molar-refractivity contribution in [1.82, 2.24) is 15.1 Å². The second-order valence-corrected chi connectivity index (χ2v) is 6.11. The molecule has 0 bridgehead atoms. The Morgan fingerprint density at radius 2 is 2.13 bits per heavy atom. The van der Waals surface area contributed by atoms with E-state index in [1.807, 2.05) is 39.0 Å². The molecular formula is C16H16N4O2S. The zero-order valence-electron chi connectivity index (χ0n) is 13.1. The Morgan fingerprint density at radius 3 is 2.87 bits per heavy atom. The molecule has 1 aromatic carbocycles. The fraction of sp³-hybridized carbons (Fsp3) is 0.250. The standard InChI is InChI=1S/C16H16N4O2S/c1-9-5-4-6-12(10(9)2)18-14(21)7-13-19-16(22-20-13)15-11(3)17-8-23-15/h4-6,8H,7H2,1-3H3,(H,18,21). The minimum absolute atomic E-state index is 0.0642. The van der Waals surface area contributed by atoms with Crippen LogP contribution in [0.1, 0.15) is 22.6 Å². The Kier molecular flexibility index (Phi) is 4.20. The van der Waals surface area contributed by atoms with Gasteiger partial charge >= 0.3 is 0 Å². The Balaban J connectivity index is 1.70. The Labute approximate surface area is 137 Å². The van der Waals surface area contributed by atoms with Crippen molar-refractivity contribution in [3.05, 3.63) is 46.4 Å². The summed E-state index contributed by atoms with van der Waals surface area (Å²) in [5, 5.41) is 6.75. The van der Waals surface area contributed by atoms with Gasteiger partial charge in [0.2, 0.25) is 5.91 Å². The molecule has 1 amide bonds. The SMILES string of the molecule is Cc1cccc(NC(=O)Cc2noc(-c3scnc3C)n2)c1C. The molecule has 118 valence electrons. The highest BCUT2D eigenvalue weighted by atomic mass is 32.1. The van der Waals surface area contributed by atoms with Crippen molar-refractivity contribution in [1.29, 1.82) is 0 Å². The number of hydrogen-bond acceptors (Lipinski definition) is 6. The highest BCUT2D eigenvalue weighted by Gasteiger charge is 2.16. The number of aryl methyl sites for hydroxylation is 2. The summed E-state index contributed by atoms with van der Waals surface area (Å²) in [6, 6.07) is 5.80. The molecule has 2 aromatic heterocycles. The van der Waals surface area contributed by atoms with E-state index in [9.17, 15) is 4.79 Å². The molecule has 7 heteroatoms. The fourth-order valence-corrected chi connectivity index (χ4v) is 2.87. The van der Waals surface area contributed by atoms with Crippen molar-refractivity contribution in [3.8, 4) is 10.8 Å². The first-order valence-corrected chi connectivity index (χ1v) is 8.01. The quantitative estimate of drug-likeness (QED) is 0.795. The smallest absolute Gasteiger partial charge is 0.269 e. The summed E-state index contributed by atoms with van der Waals surface area (Å²) in [5.74, 6) is 0.585. The fourth-order valence-electron chi connectivity index (χ4n) is 2.15. The molecule has 23 heavy (non-hydrogen) atoms. The van der Waals surface area contributed by atoms with Crippen LogP contribution in [0.5, 0.6) is 0 Å². The number of aromatic nitrogens is 3. The molecular weight excluding hydrogens is 312 g/mol. The third-order valence-corrected chi connectivity index (χ3v) is 4.52. The van der Waals surface area contributed by atoms with Gasteiger partial charge in [-0.3, -0.25) is 4.79 Å². The normalized spacial score (nSPS) is 10.7. The number of hydrogen-bond donors (Lipinski definition) is 1. The number of benzene rings is 1. The number of anilines is 1. The van der Waals surface area contributed by atoms with Crippen LogP contribution in [0.25, 0.3) is 10.8 Å². The number of thiazole rings is 1. The maximum atomic E-state index is 12.2. The average Bonchev–Trinajstić information content (AvgIpc) is 3.12. The monoisotopic (exact) mass is 328 g/mol. The molecule has 0 aliphatic heterocycles. The van der Waals surface area contributed by atoms with Gasteiger partial charge in [0.25, 0.3) is 5.89 Å².